The molecular formula is C16H15FN2O4. The maximum Gasteiger partial charge on any atom is 0.252 e. The lowest BCUT2D eigenvalue weighted by Crippen LogP contribution is -2.25. The lowest BCUT2D eigenvalue weighted by molar-refractivity contribution is 0.0832. The van der Waals surface area contributed by atoms with Crippen LogP contribution in [0.15, 0.2) is 30.6 Å². The topological polar surface area (TPSA) is 94.7 Å². The average molecular weight is 318 g/mol. The fraction of sp³-hybridized carbons (Fsp3) is 0.250. The van der Waals surface area contributed by atoms with Crippen molar-refractivity contribution in [3.8, 4) is 11.5 Å². The lowest BCUT2D eigenvalue weighted by Gasteiger charge is -2.29. The van der Waals surface area contributed by atoms with Gasteiger partial charge in [-0.15, -0.1) is 0 Å². The van der Waals surface area contributed by atoms with Crippen LogP contribution in [-0.4, -0.2) is 22.6 Å². The largest absolute Gasteiger partial charge is 0.485 e. The van der Waals surface area contributed by atoms with E-state index in [4.69, 9.17) is 15.2 Å². The predicted octanol–water partition coefficient (Wildman–Crippen LogP) is 1.89. The van der Waals surface area contributed by atoms with Crippen LogP contribution in [-0.2, 0) is 0 Å². The van der Waals surface area contributed by atoms with E-state index in [0.29, 0.717) is 11.3 Å². The van der Waals surface area contributed by atoms with E-state index >= 15 is 0 Å². The van der Waals surface area contributed by atoms with Crippen molar-refractivity contribution >= 4 is 5.91 Å². The van der Waals surface area contributed by atoms with Crippen molar-refractivity contribution in [2.75, 3.05) is 6.61 Å². The molecule has 3 N–H and O–H groups in total. The Hall–Kier alpha value is -2.67. The molecule has 23 heavy (non-hydrogen) atoms. The van der Waals surface area contributed by atoms with Crippen molar-refractivity contribution in [1.29, 1.82) is 0 Å². The standard InChI is InChI=1S/C16H15FN2O4/c1-8(20)14-10(5-19-6-11(14)17)13-7-22-15-9(16(18)21)3-2-4-12(15)23-13/h2-6,8,13,20H,7H2,1H3,(H2,18,21). The van der Waals surface area contributed by atoms with E-state index in [2.05, 4.69) is 4.98 Å². The fourth-order valence-electron chi connectivity index (χ4n) is 2.61. The SMILES string of the molecule is CC(O)c1c(F)cncc1C1COc2c(cccc2C(N)=O)O1. The molecule has 1 aliphatic heterocycles. The fourth-order valence-corrected chi connectivity index (χ4v) is 2.61. The van der Waals surface area contributed by atoms with Gasteiger partial charge in [0.2, 0.25) is 0 Å². The average Bonchev–Trinajstić information content (AvgIpc) is 2.53. The van der Waals surface area contributed by atoms with E-state index in [9.17, 15) is 14.3 Å². The Bertz CT molecular complexity index is 764. The van der Waals surface area contributed by atoms with Crippen molar-refractivity contribution in [2.24, 2.45) is 5.73 Å². The number of hydrogen-bond donors (Lipinski definition) is 2. The highest BCUT2D eigenvalue weighted by molar-refractivity contribution is 5.96. The molecular weight excluding hydrogens is 303 g/mol. The number of rotatable bonds is 3. The highest BCUT2D eigenvalue weighted by Gasteiger charge is 2.29. The number of aliphatic hydroxyl groups is 1. The zero-order chi connectivity index (χ0) is 16.6. The van der Waals surface area contributed by atoms with E-state index < -0.39 is 23.9 Å². The molecule has 3 rings (SSSR count). The summed E-state index contributed by atoms with van der Waals surface area (Å²) in [5.41, 5.74) is 6.03. The molecule has 0 bridgehead atoms. The van der Waals surface area contributed by atoms with Crippen molar-refractivity contribution in [1.82, 2.24) is 4.98 Å². The summed E-state index contributed by atoms with van der Waals surface area (Å²) in [5.74, 6) is -0.642. The zero-order valence-electron chi connectivity index (χ0n) is 12.3. The molecule has 1 aromatic heterocycles. The highest BCUT2D eigenvalue weighted by Crippen LogP contribution is 2.40. The number of primary amides is 1. The van der Waals surface area contributed by atoms with Crippen LogP contribution in [0.2, 0.25) is 0 Å². The number of nitrogens with two attached hydrogens (primary N) is 1. The molecule has 0 radical (unpaired) electrons. The molecule has 2 heterocycles. The Morgan fingerprint density at radius 1 is 1.48 bits per heavy atom. The van der Waals surface area contributed by atoms with E-state index in [1.54, 1.807) is 12.1 Å². The van der Waals surface area contributed by atoms with E-state index in [1.165, 1.54) is 19.2 Å². The summed E-state index contributed by atoms with van der Waals surface area (Å²) in [6.45, 7) is 1.51. The number of pyridine rings is 1. The van der Waals surface area contributed by atoms with Crippen LogP contribution in [0.4, 0.5) is 4.39 Å². The molecule has 0 saturated heterocycles. The second kappa shape index (κ2) is 5.85. The van der Waals surface area contributed by atoms with Crippen molar-refractivity contribution in [3.05, 3.63) is 53.1 Å². The van der Waals surface area contributed by atoms with Gasteiger partial charge in [-0.1, -0.05) is 6.07 Å². The molecule has 0 fully saturated rings. The number of aliphatic hydroxyl groups excluding tert-OH is 1. The quantitative estimate of drug-likeness (QED) is 0.901. The number of halogens is 1. The number of nitrogens with zero attached hydrogens (tertiary/aromatic N) is 1. The van der Waals surface area contributed by atoms with Crippen LogP contribution >= 0.6 is 0 Å². The van der Waals surface area contributed by atoms with Gasteiger partial charge >= 0.3 is 0 Å². The Kier molecular flexibility index (Phi) is 3.87. The van der Waals surface area contributed by atoms with Gasteiger partial charge in [-0.25, -0.2) is 4.39 Å². The molecule has 2 atom stereocenters. The number of aromatic nitrogens is 1. The Labute approximate surface area is 131 Å². The van der Waals surface area contributed by atoms with Crippen molar-refractivity contribution in [3.63, 3.8) is 0 Å². The van der Waals surface area contributed by atoms with Gasteiger partial charge in [-0.05, 0) is 19.1 Å². The van der Waals surface area contributed by atoms with Gasteiger partial charge in [0.1, 0.15) is 12.4 Å². The molecule has 1 aliphatic rings. The third-order valence-corrected chi connectivity index (χ3v) is 3.63. The van der Waals surface area contributed by atoms with Gasteiger partial charge in [0.15, 0.2) is 17.6 Å². The Balaban J connectivity index is 1.99. The molecule has 7 heteroatoms. The number of amides is 1. The molecule has 0 aliphatic carbocycles. The number of carbonyl (C=O) groups excluding carboxylic acids is 1. The summed E-state index contributed by atoms with van der Waals surface area (Å²) in [6.07, 6.45) is 0.796. The summed E-state index contributed by atoms with van der Waals surface area (Å²) in [7, 11) is 0. The first kappa shape index (κ1) is 15.2. The Morgan fingerprint density at radius 2 is 2.26 bits per heavy atom. The molecule has 2 aromatic rings. The molecule has 0 spiro atoms. The molecule has 1 amide bonds. The molecule has 120 valence electrons. The van der Waals surface area contributed by atoms with Gasteiger partial charge in [-0.2, -0.15) is 0 Å². The van der Waals surface area contributed by atoms with E-state index in [0.717, 1.165) is 6.20 Å². The maximum absolute atomic E-state index is 13.9. The summed E-state index contributed by atoms with van der Waals surface area (Å²) >= 11 is 0. The first-order valence-electron chi connectivity index (χ1n) is 7.02. The minimum Gasteiger partial charge on any atom is -0.485 e. The minimum absolute atomic E-state index is 0.0438. The first-order chi connectivity index (χ1) is 11.0. The lowest BCUT2D eigenvalue weighted by atomic mass is 10.00. The van der Waals surface area contributed by atoms with Gasteiger partial charge in [0.05, 0.1) is 17.9 Å². The maximum atomic E-state index is 13.9. The van der Waals surface area contributed by atoms with Crippen LogP contribution in [0.5, 0.6) is 11.5 Å². The summed E-state index contributed by atoms with van der Waals surface area (Å²) in [6, 6.07) is 4.78. The number of para-hydroxylation sites is 1. The second-order valence-corrected chi connectivity index (χ2v) is 5.21. The third kappa shape index (κ3) is 2.70. The van der Waals surface area contributed by atoms with E-state index in [1.807, 2.05) is 0 Å². The normalized spacial score (nSPS) is 17.6. The predicted molar refractivity (Wildman–Crippen MR) is 78.7 cm³/mol. The Morgan fingerprint density at radius 3 is 2.96 bits per heavy atom. The van der Waals surface area contributed by atoms with Gasteiger partial charge in [-0.3, -0.25) is 9.78 Å². The monoisotopic (exact) mass is 318 g/mol. The summed E-state index contributed by atoms with van der Waals surface area (Å²) in [4.78, 5) is 15.2. The number of hydrogen-bond acceptors (Lipinski definition) is 5. The molecule has 1 aromatic carbocycles. The van der Waals surface area contributed by atoms with Crippen LogP contribution in [0.25, 0.3) is 0 Å². The number of benzene rings is 1. The summed E-state index contributed by atoms with van der Waals surface area (Å²) in [5, 5.41) is 9.80. The first-order valence-corrected chi connectivity index (χ1v) is 7.02. The van der Waals surface area contributed by atoms with Crippen molar-refractivity contribution < 1.29 is 23.8 Å². The number of ether oxygens (including phenoxy) is 2. The highest BCUT2D eigenvalue weighted by atomic mass is 19.1. The smallest absolute Gasteiger partial charge is 0.252 e. The van der Waals surface area contributed by atoms with Crippen molar-refractivity contribution in [2.45, 2.75) is 19.1 Å². The zero-order valence-corrected chi connectivity index (χ0v) is 12.3. The molecule has 0 saturated carbocycles. The molecule has 6 nitrogen and oxygen atoms in total. The van der Waals surface area contributed by atoms with Crippen LogP contribution in [0, 0.1) is 5.82 Å². The van der Waals surface area contributed by atoms with E-state index in [-0.39, 0.29) is 23.5 Å². The number of fused-ring (bicyclic) bond motifs is 1. The van der Waals surface area contributed by atoms with Gasteiger partial charge in [0.25, 0.3) is 5.91 Å². The van der Waals surface area contributed by atoms with Gasteiger partial charge < -0.3 is 20.3 Å². The van der Waals surface area contributed by atoms with Crippen LogP contribution < -0.4 is 15.2 Å². The van der Waals surface area contributed by atoms with Gasteiger partial charge in [0, 0.05) is 17.3 Å². The minimum atomic E-state index is -1.02. The number of carbonyl (C=O) groups is 1. The molecule has 2 unspecified atom stereocenters. The third-order valence-electron chi connectivity index (χ3n) is 3.63. The van der Waals surface area contributed by atoms with Crippen LogP contribution in [0.1, 0.15) is 40.6 Å². The second-order valence-electron chi connectivity index (χ2n) is 5.21. The van der Waals surface area contributed by atoms with Crippen LogP contribution in [0.3, 0.4) is 0 Å². The summed E-state index contributed by atoms with van der Waals surface area (Å²) < 4.78 is 25.3.